The van der Waals surface area contributed by atoms with Gasteiger partial charge in [0.25, 0.3) is 0 Å². The van der Waals surface area contributed by atoms with Crippen LogP contribution in [0.2, 0.25) is 0 Å². The van der Waals surface area contributed by atoms with Gasteiger partial charge in [-0.1, -0.05) is 56.8 Å². The van der Waals surface area contributed by atoms with Gasteiger partial charge in [-0.2, -0.15) is 5.10 Å². The Morgan fingerprint density at radius 3 is 2.48 bits per heavy atom. The number of aromatic nitrogens is 5. The lowest BCUT2D eigenvalue weighted by Crippen LogP contribution is -2.46. The number of rotatable bonds is 18. The number of thioether (sulfide) groups is 1. The number of ether oxygens (including phenoxy) is 3. The molecular weight excluding hydrogens is 815 g/mol. The molecule has 0 radical (unpaired) electrons. The smallest absolute Gasteiger partial charge is 0.355 e. The standard InChI is InChI=1S/C48H65N9O5S/c1-8-20-60-23-24-61-21-18-55(7)19-22-62-48-29-44(4)26-45(5,30-48)28-47(48,27-44)31-57-33(3)36(25-49-57)35-14-15-38(50-39(35)42(58)59)56-17-11-12-34-32(2)40(53-54-41(34)56)51-43-52-46(6)16-10-9-13-37(46)63-43/h9-10,13-16,25,37H,8,11-12,17-24,26-31H2,1-7H3,(H,58,59)(H,51,52,53)/t37?,44-,45+,46?,47?,48?. The highest BCUT2D eigenvalue weighted by molar-refractivity contribution is 8.15. The van der Waals surface area contributed by atoms with Crippen LogP contribution in [-0.4, -0.2) is 122 Å². The first-order valence-corrected chi connectivity index (χ1v) is 23.8. The molecule has 0 amide bonds. The fourth-order valence-corrected chi connectivity index (χ4v) is 13.7. The number of anilines is 3. The van der Waals surface area contributed by atoms with Crippen LogP contribution in [0.15, 0.2) is 47.6 Å². The first-order chi connectivity index (χ1) is 30.2. The number of carbonyl (C=O) groups is 1. The van der Waals surface area contributed by atoms with Crippen molar-refractivity contribution in [2.24, 2.45) is 21.2 Å². The van der Waals surface area contributed by atoms with Crippen molar-refractivity contribution >= 4 is 40.4 Å². The molecule has 15 heteroatoms. The summed E-state index contributed by atoms with van der Waals surface area (Å²) in [6, 6.07) is 3.80. The van der Waals surface area contributed by atoms with Gasteiger partial charge >= 0.3 is 5.97 Å². The molecule has 3 aromatic heterocycles. The highest BCUT2D eigenvalue weighted by Crippen LogP contribution is 2.77. The monoisotopic (exact) mass is 879 g/mol. The minimum Gasteiger partial charge on any atom is -0.476 e. The van der Waals surface area contributed by atoms with Crippen LogP contribution in [0.25, 0.3) is 11.1 Å². The van der Waals surface area contributed by atoms with Crippen molar-refractivity contribution in [2.75, 3.05) is 69.9 Å². The van der Waals surface area contributed by atoms with Gasteiger partial charge in [0.2, 0.25) is 0 Å². The molecule has 4 bridgehead atoms. The molecule has 4 fully saturated rings. The summed E-state index contributed by atoms with van der Waals surface area (Å²) in [6.07, 6.45) is 18.6. The molecule has 0 spiro atoms. The summed E-state index contributed by atoms with van der Waals surface area (Å²) < 4.78 is 20.6. The number of nitrogens with one attached hydrogen (secondary N) is 1. The van der Waals surface area contributed by atoms with Gasteiger partial charge in [-0.05, 0) is 102 Å². The SMILES string of the molecule is CCCOCCOCCN(C)CCOC12C[C@]3(C)CC1(Cn1ncc(-c4ccc(N5CCCc6c5nnc(NC5=NC7(C)C=CC=CC7S5)c6C)nc4C(=O)O)c1C)C[C@](C)(C2)C3. The van der Waals surface area contributed by atoms with E-state index < -0.39 is 5.97 Å². The number of aliphatic imine (C=N–C) groups is 1. The van der Waals surface area contributed by atoms with Gasteiger partial charge < -0.3 is 34.4 Å². The number of allylic oxidation sites excluding steroid dienone is 2. The number of likely N-dealkylation sites (N-methyl/N-ethyl adjacent to an activating group) is 1. The van der Waals surface area contributed by atoms with Gasteiger partial charge in [-0.3, -0.25) is 9.67 Å². The number of carboxylic acid groups (broad SMARTS) is 1. The van der Waals surface area contributed by atoms with E-state index in [1.54, 1.807) is 11.8 Å². The summed E-state index contributed by atoms with van der Waals surface area (Å²) in [5.41, 5.74) is 4.22. The maximum Gasteiger partial charge on any atom is 0.355 e. The molecule has 3 aromatic rings. The molecule has 5 heterocycles. The zero-order valence-corrected chi connectivity index (χ0v) is 39.0. The van der Waals surface area contributed by atoms with Crippen LogP contribution < -0.4 is 10.2 Å². The molecule has 0 aromatic carbocycles. The third-order valence-corrected chi connectivity index (χ3v) is 16.1. The molecule has 2 aliphatic heterocycles. The minimum atomic E-state index is -1.08. The number of carboxylic acids is 1. The molecule has 63 heavy (non-hydrogen) atoms. The van der Waals surface area contributed by atoms with Crippen molar-refractivity contribution in [2.45, 2.75) is 116 Å². The van der Waals surface area contributed by atoms with Crippen molar-refractivity contribution in [3.8, 4) is 11.1 Å². The number of hydrogen-bond acceptors (Lipinski definition) is 13. The van der Waals surface area contributed by atoms with Crippen molar-refractivity contribution < 1.29 is 24.1 Å². The van der Waals surface area contributed by atoms with Gasteiger partial charge in [0.05, 0.1) is 49.0 Å². The molecule has 7 aliphatic rings. The summed E-state index contributed by atoms with van der Waals surface area (Å²) in [5, 5.41) is 29.5. The lowest BCUT2D eigenvalue weighted by Gasteiger charge is -2.44. The molecule has 14 nitrogen and oxygen atoms in total. The zero-order chi connectivity index (χ0) is 44.2. The Morgan fingerprint density at radius 1 is 0.968 bits per heavy atom. The summed E-state index contributed by atoms with van der Waals surface area (Å²) in [7, 11) is 2.14. The molecule has 0 saturated heterocycles. The second-order valence-corrected chi connectivity index (χ2v) is 21.2. The first-order valence-electron chi connectivity index (χ1n) is 23.0. The average molecular weight is 880 g/mol. The van der Waals surface area contributed by atoms with Gasteiger partial charge in [0.1, 0.15) is 5.82 Å². The summed E-state index contributed by atoms with van der Waals surface area (Å²) in [5.74, 6) is 0.853. The lowest BCUT2D eigenvalue weighted by atomic mass is 9.61. The maximum absolute atomic E-state index is 13.0. The van der Waals surface area contributed by atoms with Gasteiger partial charge in [0.15, 0.2) is 22.5 Å². The van der Waals surface area contributed by atoms with Crippen LogP contribution in [0.4, 0.5) is 17.5 Å². The van der Waals surface area contributed by atoms with Crippen LogP contribution >= 0.6 is 11.8 Å². The molecule has 338 valence electrons. The van der Waals surface area contributed by atoms with E-state index in [1.165, 1.54) is 6.42 Å². The third kappa shape index (κ3) is 8.25. The van der Waals surface area contributed by atoms with Crippen LogP contribution in [-0.2, 0) is 27.2 Å². The summed E-state index contributed by atoms with van der Waals surface area (Å²) in [4.78, 5) is 27.1. The Kier molecular flexibility index (Phi) is 11.9. The van der Waals surface area contributed by atoms with Crippen LogP contribution in [0.3, 0.4) is 0 Å². The Hall–Kier alpha value is -4.15. The van der Waals surface area contributed by atoms with E-state index in [-0.39, 0.29) is 38.3 Å². The van der Waals surface area contributed by atoms with E-state index in [4.69, 9.17) is 34.4 Å². The molecular formula is C48H65N9O5S. The molecule has 4 unspecified atom stereocenters. The topological polar surface area (TPSA) is 152 Å². The Morgan fingerprint density at radius 2 is 1.73 bits per heavy atom. The number of aromatic carboxylic acids is 1. The number of nitrogens with zero attached hydrogens (tertiary/aromatic N) is 8. The molecule has 5 aliphatic carbocycles. The number of amidine groups is 1. The minimum absolute atomic E-state index is 0.00207. The summed E-state index contributed by atoms with van der Waals surface area (Å²) >= 11 is 1.70. The van der Waals surface area contributed by atoms with Gasteiger partial charge in [-0.25, -0.2) is 9.78 Å². The lowest BCUT2D eigenvalue weighted by molar-refractivity contribution is -0.117. The maximum atomic E-state index is 13.0. The van der Waals surface area contributed by atoms with Gasteiger partial charge in [0, 0.05) is 66.1 Å². The van der Waals surface area contributed by atoms with Crippen LogP contribution in [0.1, 0.15) is 99.9 Å². The number of hydrogen-bond donors (Lipinski definition) is 2. The highest BCUT2D eigenvalue weighted by Gasteiger charge is 2.74. The zero-order valence-electron chi connectivity index (χ0n) is 38.2. The first kappa shape index (κ1) is 44.1. The Labute approximate surface area is 376 Å². The van der Waals surface area contributed by atoms with E-state index in [0.717, 1.165) is 98.7 Å². The van der Waals surface area contributed by atoms with E-state index in [0.29, 0.717) is 56.0 Å². The Balaban J connectivity index is 0.908. The molecule has 6 atom stereocenters. The Bertz CT molecular complexity index is 2310. The average Bonchev–Trinajstić information content (AvgIpc) is 3.87. The van der Waals surface area contributed by atoms with Gasteiger partial charge in [-0.15, -0.1) is 10.2 Å². The quantitative estimate of drug-likeness (QED) is 0.119. The second-order valence-electron chi connectivity index (χ2n) is 20.1. The van der Waals surface area contributed by atoms with Crippen molar-refractivity contribution in [3.05, 3.63) is 65.1 Å². The van der Waals surface area contributed by atoms with Crippen molar-refractivity contribution in [3.63, 3.8) is 0 Å². The fourth-order valence-electron chi connectivity index (χ4n) is 12.5. The predicted molar refractivity (Wildman–Crippen MR) is 248 cm³/mol. The molecule has 2 N–H and O–H groups in total. The molecule has 10 rings (SSSR count). The van der Waals surface area contributed by atoms with E-state index in [1.807, 2.05) is 23.2 Å². The number of pyridine rings is 1. The molecule has 4 saturated carbocycles. The highest BCUT2D eigenvalue weighted by atomic mass is 32.2. The summed E-state index contributed by atoms with van der Waals surface area (Å²) in [6.45, 7) is 19.8. The van der Waals surface area contributed by atoms with Crippen molar-refractivity contribution in [1.29, 1.82) is 0 Å². The van der Waals surface area contributed by atoms with Crippen molar-refractivity contribution in [1.82, 2.24) is 29.9 Å². The largest absolute Gasteiger partial charge is 0.476 e. The fraction of sp³-hybridized carbons (Fsp3) is 0.625. The number of fused-ring (bicyclic) bond motifs is 2. The predicted octanol–water partition coefficient (Wildman–Crippen LogP) is 8.02. The second kappa shape index (κ2) is 17.0. The van der Waals surface area contributed by atoms with Crippen LogP contribution in [0, 0.1) is 30.1 Å². The normalized spacial score (nSPS) is 30.1. The van der Waals surface area contributed by atoms with E-state index in [2.05, 4.69) is 92.9 Å². The van der Waals surface area contributed by atoms with Crippen LogP contribution in [0.5, 0.6) is 0 Å². The van der Waals surface area contributed by atoms with E-state index >= 15 is 0 Å². The van der Waals surface area contributed by atoms with E-state index in [9.17, 15) is 9.90 Å². The third-order valence-electron chi connectivity index (χ3n) is 14.8.